The van der Waals surface area contributed by atoms with Gasteiger partial charge in [0, 0.05) is 29.6 Å². The predicted molar refractivity (Wildman–Crippen MR) is 81.6 cm³/mol. The van der Waals surface area contributed by atoms with Crippen molar-refractivity contribution in [1.29, 1.82) is 0 Å². The highest BCUT2D eigenvalue weighted by Gasteiger charge is 2.11. The van der Waals surface area contributed by atoms with Crippen molar-refractivity contribution < 1.29 is 0 Å². The van der Waals surface area contributed by atoms with Gasteiger partial charge in [0.15, 0.2) is 0 Å². The van der Waals surface area contributed by atoms with E-state index in [1.165, 1.54) is 26.9 Å². The summed E-state index contributed by atoms with van der Waals surface area (Å²) in [6.45, 7) is 0. The molecular weight excluding hydrogens is 238 g/mol. The van der Waals surface area contributed by atoms with Crippen molar-refractivity contribution in [3.63, 3.8) is 0 Å². The van der Waals surface area contributed by atoms with Crippen molar-refractivity contribution in [3.05, 3.63) is 53.9 Å². The Kier molecular flexibility index (Phi) is 2.80. The van der Waals surface area contributed by atoms with E-state index in [1.54, 1.807) is 0 Å². The lowest BCUT2D eigenvalue weighted by Crippen LogP contribution is -2.07. The number of rotatable bonds is 2. The first kappa shape index (κ1) is 11.3. The lowest BCUT2D eigenvalue weighted by molar-refractivity contribution is 1.15. The third-order valence-electron chi connectivity index (χ3n) is 3.15. The van der Waals surface area contributed by atoms with Gasteiger partial charge in [0.2, 0.25) is 0 Å². The largest absolute Gasteiger partial charge is 0.376 e. The van der Waals surface area contributed by atoms with Gasteiger partial charge < -0.3 is 4.90 Å². The zero-order chi connectivity index (χ0) is 12.5. The summed E-state index contributed by atoms with van der Waals surface area (Å²) in [5.74, 6) is 0. The lowest BCUT2D eigenvalue weighted by atomic mass is 10.0. The SMILES string of the molecule is CN(C)c1csc2cccc(-c3ccccc3)c12. The summed E-state index contributed by atoms with van der Waals surface area (Å²) >= 11 is 1.81. The Morgan fingerprint density at radius 1 is 0.889 bits per heavy atom. The maximum atomic E-state index is 2.23. The molecule has 0 aliphatic carbocycles. The molecule has 2 aromatic carbocycles. The summed E-state index contributed by atoms with van der Waals surface area (Å²) in [6.07, 6.45) is 0. The first-order valence-electron chi connectivity index (χ1n) is 6.00. The molecule has 1 nitrogen and oxygen atoms in total. The number of nitrogens with zero attached hydrogens (tertiary/aromatic N) is 1. The van der Waals surface area contributed by atoms with Gasteiger partial charge in [0.25, 0.3) is 0 Å². The molecule has 1 aromatic heterocycles. The van der Waals surface area contributed by atoms with Crippen LogP contribution >= 0.6 is 11.3 Å². The molecule has 0 fully saturated rings. The smallest absolute Gasteiger partial charge is 0.0556 e. The number of thiophene rings is 1. The minimum absolute atomic E-state index is 1.28. The van der Waals surface area contributed by atoms with Crippen molar-refractivity contribution in [3.8, 4) is 11.1 Å². The molecule has 0 amide bonds. The van der Waals surface area contributed by atoms with E-state index in [1.807, 2.05) is 11.3 Å². The Morgan fingerprint density at radius 3 is 2.39 bits per heavy atom. The molecule has 0 radical (unpaired) electrons. The molecular formula is C16H15NS. The molecule has 0 aliphatic rings. The van der Waals surface area contributed by atoms with E-state index >= 15 is 0 Å². The van der Waals surface area contributed by atoms with Gasteiger partial charge in [-0.1, -0.05) is 42.5 Å². The average Bonchev–Trinajstić information content (AvgIpc) is 2.83. The van der Waals surface area contributed by atoms with Crippen molar-refractivity contribution in [2.45, 2.75) is 0 Å². The van der Waals surface area contributed by atoms with Gasteiger partial charge in [0.05, 0.1) is 5.69 Å². The Bertz CT molecular complexity index is 668. The fourth-order valence-corrected chi connectivity index (χ4v) is 3.32. The van der Waals surface area contributed by atoms with Crippen molar-refractivity contribution >= 4 is 27.1 Å². The third kappa shape index (κ3) is 1.79. The number of anilines is 1. The summed E-state index contributed by atoms with van der Waals surface area (Å²) in [4.78, 5) is 2.19. The molecule has 90 valence electrons. The lowest BCUT2D eigenvalue weighted by Gasteiger charge is -2.13. The zero-order valence-corrected chi connectivity index (χ0v) is 11.4. The molecule has 0 spiro atoms. The Hall–Kier alpha value is -1.80. The number of hydrogen-bond acceptors (Lipinski definition) is 2. The Morgan fingerprint density at radius 2 is 1.67 bits per heavy atom. The van der Waals surface area contributed by atoms with Crippen molar-refractivity contribution in [2.75, 3.05) is 19.0 Å². The number of hydrogen-bond donors (Lipinski definition) is 0. The topological polar surface area (TPSA) is 3.24 Å². The van der Waals surface area contributed by atoms with Crippen LogP contribution in [0, 0.1) is 0 Å². The number of fused-ring (bicyclic) bond motifs is 1. The second kappa shape index (κ2) is 4.46. The minimum atomic E-state index is 1.28. The fourth-order valence-electron chi connectivity index (χ4n) is 2.26. The number of benzene rings is 2. The molecule has 0 aliphatic heterocycles. The summed E-state index contributed by atoms with van der Waals surface area (Å²) in [7, 11) is 4.20. The molecule has 0 bridgehead atoms. The van der Waals surface area contributed by atoms with Crippen LogP contribution in [0.2, 0.25) is 0 Å². The minimum Gasteiger partial charge on any atom is -0.376 e. The maximum absolute atomic E-state index is 2.23. The second-order valence-corrected chi connectivity index (χ2v) is 5.47. The second-order valence-electron chi connectivity index (χ2n) is 4.56. The van der Waals surface area contributed by atoms with Crippen LogP contribution in [0.5, 0.6) is 0 Å². The van der Waals surface area contributed by atoms with Gasteiger partial charge in [-0.15, -0.1) is 11.3 Å². The first-order valence-corrected chi connectivity index (χ1v) is 6.88. The van der Waals surface area contributed by atoms with Crippen molar-refractivity contribution in [2.24, 2.45) is 0 Å². The summed E-state index contributed by atoms with van der Waals surface area (Å²) in [5, 5.41) is 3.59. The van der Waals surface area contributed by atoms with Gasteiger partial charge in [0.1, 0.15) is 0 Å². The molecule has 1 heterocycles. The molecule has 0 unspecified atom stereocenters. The van der Waals surface area contributed by atoms with Crippen LogP contribution < -0.4 is 4.90 Å². The summed E-state index contributed by atoms with van der Waals surface area (Å²) in [5.41, 5.74) is 3.90. The van der Waals surface area contributed by atoms with E-state index < -0.39 is 0 Å². The van der Waals surface area contributed by atoms with E-state index in [0.29, 0.717) is 0 Å². The highest BCUT2D eigenvalue weighted by molar-refractivity contribution is 7.18. The standard InChI is InChI=1S/C16H15NS/c1-17(2)14-11-18-15-10-6-9-13(16(14)15)12-7-4-3-5-8-12/h3-11H,1-2H3. The van der Waals surface area contributed by atoms with E-state index in [2.05, 4.69) is 72.9 Å². The van der Waals surface area contributed by atoms with Crippen LogP contribution in [0.1, 0.15) is 0 Å². The molecule has 3 aromatic rings. The fraction of sp³-hybridized carbons (Fsp3) is 0.125. The predicted octanol–water partition coefficient (Wildman–Crippen LogP) is 4.63. The van der Waals surface area contributed by atoms with Crippen LogP contribution in [0.15, 0.2) is 53.9 Å². The van der Waals surface area contributed by atoms with Crippen LogP contribution in [0.3, 0.4) is 0 Å². The monoisotopic (exact) mass is 253 g/mol. The van der Waals surface area contributed by atoms with E-state index in [0.717, 1.165) is 0 Å². The average molecular weight is 253 g/mol. The molecule has 18 heavy (non-hydrogen) atoms. The van der Waals surface area contributed by atoms with Gasteiger partial charge in [-0.25, -0.2) is 0 Å². The zero-order valence-electron chi connectivity index (χ0n) is 10.6. The normalized spacial score (nSPS) is 10.8. The Balaban J connectivity index is 2.32. The van der Waals surface area contributed by atoms with E-state index in [9.17, 15) is 0 Å². The van der Waals surface area contributed by atoms with E-state index in [-0.39, 0.29) is 0 Å². The third-order valence-corrected chi connectivity index (χ3v) is 4.08. The highest BCUT2D eigenvalue weighted by Crippen LogP contribution is 2.39. The van der Waals surface area contributed by atoms with Gasteiger partial charge in [-0.05, 0) is 17.2 Å². The van der Waals surface area contributed by atoms with Crippen LogP contribution in [-0.2, 0) is 0 Å². The summed E-state index contributed by atoms with van der Waals surface area (Å²) in [6, 6.07) is 17.1. The maximum Gasteiger partial charge on any atom is 0.0556 e. The quantitative estimate of drug-likeness (QED) is 0.643. The Labute approximate surface area is 111 Å². The molecule has 3 rings (SSSR count). The molecule has 2 heteroatoms. The summed E-state index contributed by atoms with van der Waals surface area (Å²) < 4.78 is 1.35. The van der Waals surface area contributed by atoms with Crippen LogP contribution in [-0.4, -0.2) is 14.1 Å². The van der Waals surface area contributed by atoms with Gasteiger partial charge in [-0.3, -0.25) is 0 Å². The van der Waals surface area contributed by atoms with Crippen LogP contribution in [0.4, 0.5) is 5.69 Å². The molecule has 0 N–H and O–H groups in total. The first-order chi connectivity index (χ1) is 8.77. The van der Waals surface area contributed by atoms with Gasteiger partial charge in [-0.2, -0.15) is 0 Å². The molecule has 0 saturated heterocycles. The molecule has 0 saturated carbocycles. The van der Waals surface area contributed by atoms with Gasteiger partial charge >= 0.3 is 0 Å². The van der Waals surface area contributed by atoms with Crippen LogP contribution in [0.25, 0.3) is 21.2 Å². The highest BCUT2D eigenvalue weighted by atomic mass is 32.1. The van der Waals surface area contributed by atoms with Crippen molar-refractivity contribution in [1.82, 2.24) is 0 Å². The molecule has 0 atom stereocenters. The van der Waals surface area contributed by atoms with E-state index in [4.69, 9.17) is 0 Å².